The van der Waals surface area contributed by atoms with Gasteiger partial charge in [-0.05, 0) is 28.9 Å². The molecule has 102 valence electrons. The first kappa shape index (κ1) is 15.6. The van der Waals surface area contributed by atoms with E-state index in [4.69, 9.17) is 4.74 Å². The highest BCUT2D eigenvalue weighted by Gasteiger charge is 2.07. The topological polar surface area (TPSA) is 33.3 Å². The monoisotopic (exact) mass is 318 g/mol. The van der Waals surface area contributed by atoms with E-state index in [1.54, 1.807) is 19.2 Å². The summed E-state index contributed by atoms with van der Waals surface area (Å²) in [5.74, 6) is -0.190. The SMILES string of the molecule is COCCNCC(C)NCc1cccc(Br)c1F. The fourth-order valence-electron chi connectivity index (χ4n) is 1.53. The number of benzene rings is 1. The van der Waals surface area contributed by atoms with Crippen LogP contribution in [0.1, 0.15) is 12.5 Å². The number of ether oxygens (including phenoxy) is 1. The Morgan fingerprint density at radius 3 is 2.94 bits per heavy atom. The van der Waals surface area contributed by atoms with E-state index in [0.29, 0.717) is 23.2 Å². The van der Waals surface area contributed by atoms with Gasteiger partial charge < -0.3 is 15.4 Å². The van der Waals surface area contributed by atoms with Gasteiger partial charge in [0.2, 0.25) is 0 Å². The van der Waals surface area contributed by atoms with Gasteiger partial charge in [0, 0.05) is 38.3 Å². The van der Waals surface area contributed by atoms with Crippen molar-refractivity contribution in [3.63, 3.8) is 0 Å². The van der Waals surface area contributed by atoms with Crippen molar-refractivity contribution in [2.24, 2.45) is 0 Å². The molecule has 0 bridgehead atoms. The smallest absolute Gasteiger partial charge is 0.141 e. The molecule has 5 heteroatoms. The standard InChI is InChI=1S/C13H20BrFN2O/c1-10(8-16-6-7-18-2)17-9-11-4-3-5-12(14)13(11)15/h3-5,10,16-17H,6-9H2,1-2H3. The summed E-state index contributed by atoms with van der Waals surface area (Å²) in [6, 6.07) is 5.61. The van der Waals surface area contributed by atoms with Crippen LogP contribution in [0.25, 0.3) is 0 Å². The Morgan fingerprint density at radius 2 is 2.22 bits per heavy atom. The Balaban J connectivity index is 2.29. The highest BCUT2D eigenvalue weighted by Crippen LogP contribution is 2.18. The lowest BCUT2D eigenvalue weighted by Crippen LogP contribution is -2.37. The van der Waals surface area contributed by atoms with Gasteiger partial charge in [-0.25, -0.2) is 4.39 Å². The van der Waals surface area contributed by atoms with E-state index < -0.39 is 0 Å². The molecule has 1 rings (SSSR count). The van der Waals surface area contributed by atoms with Crippen molar-refractivity contribution in [3.05, 3.63) is 34.1 Å². The summed E-state index contributed by atoms with van der Waals surface area (Å²) < 4.78 is 19.1. The number of methoxy groups -OCH3 is 1. The minimum Gasteiger partial charge on any atom is -0.383 e. The predicted octanol–water partition coefficient (Wildman–Crippen LogP) is 2.30. The van der Waals surface area contributed by atoms with E-state index in [9.17, 15) is 4.39 Å². The third-order valence-electron chi connectivity index (χ3n) is 2.61. The second-order valence-corrected chi connectivity index (χ2v) is 5.05. The number of hydrogen-bond donors (Lipinski definition) is 2. The molecule has 0 spiro atoms. The molecule has 0 aliphatic heterocycles. The minimum absolute atomic E-state index is 0.190. The summed E-state index contributed by atoms with van der Waals surface area (Å²) in [6.45, 7) is 4.95. The van der Waals surface area contributed by atoms with Crippen LogP contribution in [0.5, 0.6) is 0 Å². The number of nitrogens with one attached hydrogen (secondary N) is 2. The van der Waals surface area contributed by atoms with Crippen LogP contribution in [0.15, 0.2) is 22.7 Å². The van der Waals surface area contributed by atoms with E-state index in [0.717, 1.165) is 13.1 Å². The molecule has 0 aromatic heterocycles. The summed E-state index contributed by atoms with van der Waals surface area (Å²) in [4.78, 5) is 0. The molecule has 0 saturated heterocycles. The lowest BCUT2D eigenvalue weighted by molar-refractivity contribution is 0.198. The molecule has 0 fully saturated rings. The van der Waals surface area contributed by atoms with Gasteiger partial charge in [-0.15, -0.1) is 0 Å². The molecule has 0 radical (unpaired) electrons. The first-order valence-corrected chi connectivity index (χ1v) is 6.80. The first-order valence-electron chi connectivity index (χ1n) is 6.01. The molecule has 1 unspecified atom stereocenters. The maximum Gasteiger partial charge on any atom is 0.141 e. The minimum atomic E-state index is -0.190. The lowest BCUT2D eigenvalue weighted by Gasteiger charge is -2.15. The predicted molar refractivity (Wildman–Crippen MR) is 75.1 cm³/mol. The third kappa shape index (κ3) is 5.44. The van der Waals surface area contributed by atoms with E-state index in [1.165, 1.54) is 0 Å². The van der Waals surface area contributed by atoms with Gasteiger partial charge in [0.1, 0.15) is 5.82 Å². The summed E-state index contributed by atoms with van der Waals surface area (Å²) in [5.41, 5.74) is 0.674. The molecule has 1 aromatic carbocycles. The maximum absolute atomic E-state index is 13.7. The summed E-state index contributed by atoms with van der Waals surface area (Å²) >= 11 is 3.18. The molecule has 2 N–H and O–H groups in total. The fraction of sp³-hybridized carbons (Fsp3) is 0.538. The molecule has 0 amide bonds. The lowest BCUT2D eigenvalue weighted by atomic mass is 10.2. The van der Waals surface area contributed by atoms with Crippen molar-refractivity contribution >= 4 is 15.9 Å². The zero-order valence-corrected chi connectivity index (χ0v) is 12.4. The number of rotatable bonds is 8. The van der Waals surface area contributed by atoms with Crippen LogP contribution in [0, 0.1) is 5.82 Å². The fourth-order valence-corrected chi connectivity index (χ4v) is 1.94. The van der Waals surface area contributed by atoms with Crippen LogP contribution in [-0.2, 0) is 11.3 Å². The van der Waals surface area contributed by atoms with Crippen LogP contribution in [0.4, 0.5) is 4.39 Å². The van der Waals surface area contributed by atoms with Crippen LogP contribution >= 0.6 is 15.9 Å². The average Bonchev–Trinajstić information content (AvgIpc) is 2.36. The highest BCUT2D eigenvalue weighted by molar-refractivity contribution is 9.10. The number of halogens is 2. The Morgan fingerprint density at radius 1 is 1.44 bits per heavy atom. The molecule has 1 atom stereocenters. The van der Waals surface area contributed by atoms with Gasteiger partial charge in [0.15, 0.2) is 0 Å². The maximum atomic E-state index is 13.7. The zero-order valence-electron chi connectivity index (χ0n) is 10.8. The van der Waals surface area contributed by atoms with Gasteiger partial charge in [0.05, 0.1) is 11.1 Å². The van der Waals surface area contributed by atoms with Crippen LogP contribution in [0.3, 0.4) is 0 Å². The van der Waals surface area contributed by atoms with Crippen molar-refractivity contribution < 1.29 is 9.13 Å². The third-order valence-corrected chi connectivity index (χ3v) is 3.22. The summed E-state index contributed by atoms with van der Waals surface area (Å²) in [5, 5.41) is 6.54. The molecule has 0 saturated carbocycles. The molecular weight excluding hydrogens is 299 g/mol. The van der Waals surface area contributed by atoms with E-state index in [2.05, 4.69) is 33.5 Å². The molecular formula is C13H20BrFN2O. The van der Waals surface area contributed by atoms with E-state index >= 15 is 0 Å². The largest absolute Gasteiger partial charge is 0.383 e. The van der Waals surface area contributed by atoms with Crippen LogP contribution < -0.4 is 10.6 Å². The van der Waals surface area contributed by atoms with Crippen molar-refractivity contribution in [2.75, 3.05) is 26.8 Å². The zero-order chi connectivity index (χ0) is 13.4. The second kappa shape index (κ2) is 8.58. The van der Waals surface area contributed by atoms with Crippen LogP contribution in [-0.4, -0.2) is 32.8 Å². The van der Waals surface area contributed by atoms with Crippen molar-refractivity contribution in [2.45, 2.75) is 19.5 Å². The normalized spacial score (nSPS) is 12.7. The summed E-state index contributed by atoms with van der Waals surface area (Å²) in [7, 11) is 1.68. The first-order chi connectivity index (χ1) is 8.65. The van der Waals surface area contributed by atoms with Crippen LogP contribution in [0.2, 0.25) is 0 Å². The Hall–Kier alpha value is -0.490. The summed E-state index contributed by atoms with van der Waals surface area (Å²) in [6.07, 6.45) is 0. The number of hydrogen-bond acceptors (Lipinski definition) is 3. The van der Waals surface area contributed by atoms with E-state index in [-0.39, 0.29) is 11.9 Å². The molecule has 0 heterocycles. The quantitative estimate of drug-likeness (QED) is 0.722. The van der Waals surface area contributed by atoms with Gasteiger partial charge >= 0.3 is 0 Å². The van der Waals surface area contributed by atoms with Gasteiger partial charge in [-0.1, -0.05) is 12.1 Å². The Kier molecular flexibility index (Phi) is 7.42. The van der Waals surface area contributed by atoms with Crippen molar-refractivity contribution in [3.8, 4) is 0 Å². The van der Waals surface area contributed by atoms with Gasteiger partial charge in [-0.3, -0.25) is 0 Å². The van der Waals surface area contributed by atoms with Gasteiger partial charge in [-0.2, -0.15) is 0 Å². The molecule has 0 aliphatic carbocycles. The Bertz CT molecular complexity index is 363. The Labute approximate surface area is 116 Å². The highest BCUT2D eigenvalue weighted by atomic mass is 79.9. The second-order valence-electron chi connectivity index (χ2n) is 4.19. The van der Waals surface area contributed by atoms with Crippen molar-refractivity contribution in [1.29, 1.82) is 0 Å². The molecule has 3 nitrogen and oxygen atoms in total. The van der Waals surface area contributed by atoms with E-state index in [1.807, 2.05) is 6.07 Å². The van der Waals surface area contributed by atoms with Crippen molar-refractivity contribution in [1.82, 2.24) is 10.6 Å². The average molecular weight is 319 g/mol. The molecule has 18 heavy (non-hydrogen) atoms. The molecule has 1 aromatic rings. The molecule has 0 aliphatic rings. The van der Waals surface area contributed by atoms with Gasteiger partial charge in [0.25, 0.3) is 0 Å².